The largest absolute Gasteiger partial charge is 0.497 e. The number of amides is 1. The molecule has 152 valence electrons. The van der Waals surface area contributed by atoms with Gasteiger partial charge in [0, 0.05) is 24.5 Å². The zero-order valence-electron chi connectivity index (χ0n) is 16.9. The van der Waals surface area contributed by atoms with Crippen molar-refractivity contribution in [1.29, 1.82) is 0 Å². The maximum atomic E-state index is 12.8. The molecule has 0 spiro atoms. The first kappa shape index (κ1) is 19.6. The van der Waals surface area contributed by atoms with Gasteiger partial charge in [0.1, 0.15) is 22.7 Å². The Morgan fingerprint density at radius 1 is 1.34 bits per heavy atom. The Bertz CT molecular complexity index is 1000. The molecule has 2 aromatic heterocycles. The minimum absolute atomic E-state index is 0.0383. The summed E-state index contributed by atoms with van der Waals surface area (Å²) in [5, 5.41) is 4.19. The highest BCUT2D eigenvalue weighted by molar-refractivity contribution is 7.18. The number of thiophene rings is 1. The molecule has 7 heteroatoms. The zero-order chi connectivity index (χ0) is 20.2. The van der Waals surface area contributed by atoms with Crippen molar-refractivity contribution in [3.8, 4) is 5.75 Å². The quantitative estimate of drug-likeness (QED) is 0.670. The van der Waals surface area contributed by atoms with Crippen LogP contribution in [0.5, 0.6) is 5.75 Å². The molecule has 0 bridgehead atoms. The fourth-order valence-electron chi connectivity index (χ4n) is 3.82. The van der Waals surface area contributed by atoms with E-state index in [-0.39, 0.29) is 11.8 Å². The molecule has 1 amide bonds. The summed E-state index contributed by atoms with van der Waals surface area (Å²) in [6.07, 6.45) is 4.52. The van der Waals surface area contributed by atoms with E-state index in [1.807, 2.05) is 24.3 Å². The number of ether oxygens (including phenoxy) is 1. The average molecular weight is 411 g/mol. The van der Waals surface area contributed by atoms with E-state index >= 15 is 0 Å². The van der Waals surface area contributed by atoms with Crippen LogP contribution >= 0.6 is 11.3 Å². The van der Waals surface area contributed by atoms with Gasteiger partial charge in [-0.25, -0.2) is 9.97 Å². The van der Waals surface area contributed by atoms with E-state index in [4.69, 9.17) is 4.74 Å². The molecule has 0 saturated carbocycles. The van der Waals surface area contributed by atoms with Crippen LogP contribution < -0.4 is 15.0 Å². The highest BCUT2D eigenvalue weighted by Gasteiger charge is 2.27. The smallest absolute Gasteiger partial charge is 0.225 e. The monoisotopic (exact) mass is 410 g/mol. The molecule has 1 atom stereocenters. The van der Waals surface area contributed by atoms with Crippen LogP contribution in [0.2, 0.25) is 0 Å². The van der Waals surface area contributed by atoms with E-state index in [2.05, 4.69) is 33.2 Å². The number of aryl methyl sites for hydroxylation is 1. The lowest BCUT2D eigenvalue weighted by Gasteiger charge is -2.33. The maximum absolute atomic E-state index is 12.8. The third-order valence-corrected chi connectivity index (χ3v) is 6.59. The predicted molar refractivity (Wildman–Crippen MR) is 117 cm³/mol. The number of benzene rings is 1. The lowest BCUT2D eigenvalue weighted by Crippen LogP contribution is -2.43. The minimum atomic E-state index is -0.0383. The molecular formula is C22H26N4O2S. The number of hydrogen-bond acceptors (Lipinski definition) is 6. The highest BCUT2D eigenvalue weighted by atomic mass is 32.1. The molecule has 1 aliphatic rings. The fraction of sp³-hybridized carbons (Fsp3) is 0.409. The number of methoxy groups -OCH3 is 1. The molecule has 3 aromatic rings. The number of fused-ring (bicyclic) bond motifs is 1. The molecule has 1 aromatic carbocycles. The van der Waals surface area contributed by atoms with E-state index in [1.165, 1.54) is 4.88 Å². The van der Waals surface area contributed by atoms with Gasteiger partial charge in [-0.3, -0.25) is 4.79 Å². The Labute approximate surface area is 174 Å². The molecule has 1 fully saturated rings. The molecule has 6 nitrogen and oxygen atoms in total. The van der Waals surface area contributed by atoms with Gasteiger partial charge in [-0.15, -0.1) is 11.3 Å². The van der Waals surface area contributed by atoms with Crippen molar-refractivity contribution in [2.24, 2.45) is 5.92 Å². The van der Waals surface area contributed by atoms with Crippen LogP contribution in [0.4, 0.5) is 5.82 Å². The number of carbonyl (C=O) groups excluding carboxylic acids is 1. The molecule has 0 radical (unpaired) electrons. The van der Waals surface area contributed by atoms with Gasteiger partial charge in [0.2, 0.25) is 5.91 Å². The van der Waals surface area contributed by atoms with Crippen molar-refractivity contribution < 1.29 is 9.53 Å². The predicted octanol–water partition coefficient (Wildman–Crippen LogP) is 3.80. The van der Waals surface area contributed by atoms with E-state index in [1.54, 1.807) is 24.8 Å². The van der Waals surface area contributed by atoms with Crippen LogP contribution in [0, 0.1) is 5.92 Å². The Hall–Kier alpha value is -2.67. The summed E-state index contributed by atoms with van der Waals surface area (Å²) in [6, 6.07) is 9.99. The summed E-state index contributed by atoms with van der Waals surface area (Å²) in [7, 11) is 1.65. The lowest BCUT2D eigenvalue weighted by atomic mass is 9.97. The van der Waals surface area contributed by atoms with Gasteiger partial charge in [0.15, 0.2) is 0 Å². The molecule has 29 heavy (non-hydrogen) atoms. The average Bonchev–Trinajstić information content (AvgIpc) is 3.21. The number of hydrogen-bond donors (Lipinski definition) is 1. The summed E-state index contributed by atoms with van der Waals surface area (Å²) >= 11 is 1.72. The third-order valence-electron chi connectivity index (χ3n) is 5.40. The van der Waals surface area contributed by atoms with Crippen LogP contribution in [-0.2, 0) is 17.8 Å². The van der Waals surface area contributed by atoms with E-state index in [0.29, 0.717) is 13.1 Å². The van der Waals surface area contributed by atoms with Gasteiger partial charge in [-0.2, -0.15) is 0 Å². The van der Waals surface area contributed by atoms with Gasteiger partial charge in [-0.05, 0) is 43.0 Å². The lowest BCUT2D eigenvalue weighted by molar-refractivity contribution is -0.125. The number of rotatable bonds is 6. The van der Waals surface area contributed by atoms with Crippen molar-refractivity contribution in [3.05, 3.63) is 47.1 Å². The normalized spacial score (nSPS) is 16.8. The number of piperidine rings is 1. The summed E-state index contributed by atoms with van der Waals surface area (Å²) < 4.78 is 5.26. The number of anilines is 1. The van der Waals surface area contributed by atoms with E-state index in [9.17, 15) is 4.79 Å². The van der Waals surface area contributed by atoms with Gasteiger partial charge >= 0.3 is 0 Å². The first-order chi connectivity index (χ1) is 14.2. The number of carbonyl (C=O) groups is 1. The van der Waals surface area contributed by atoms with Crippen LogP contribution in [-0.4, -0.2) is 36.1 Å². The van der Waals surface area contributed by atoms with E-state index in [0.717, 1.165) is 53.2 Å². The standard InChI is InChI=1S/C22H26N4O2S/c1-3-18-11-19-20(24-14-25-22(19)29-18)26-9-5-7-16(13-26)21(27)23-12-15-6-4-8-17(10-15)28-2/h4,6,8,10-11,14,16H,3,5,7,9,12-13H2,1-2H3,(H,23,27)/t16-/m0/s1. The molecular weight excluding hydrogens is 384 g/mol. The fourth-order valence-corrected chi connectivity index (χ4v) is 4.75. The Morgan fingerprint density at radius 3 is 3.07 bits per heavy atom. The molecule has 0 unspecified atom stereocenters. The Kier molecular flexibility index (Phi) is 5.94. The highest BCUT2D eigenvalue weighted by Crippen LogP contribution is 2.32. The third kappa shape index (κ3) is 4.34. The molecule has 1 N–H and O–H groups in total. The topological polar surface area (TPSA) is 67.4 Å². The second-order valence-electron chi connectivity index (χ2n) is 7.34. The number of nitrogens with one attached hydrogen (secondary N) is 1. The summed E-state index contributed by atoms with van der Waals surface area (Å²) in [6.45, 7) is 4.27. The molecule has 1 aliphatic heterocycles. The Balaban J connectivity index is 1.44. The molecule has 4 rings (SSSR count). The van der Waals surface area contributed by atoms with Crippen molar-refractivity contribution in [1.82, 2.24) is 15.3 Å². The summed E-state index contributed by atoms with van der Waals surface area (Å²) in [4.78, 5) is 26.4. The first-order valence-electron chi connectivity index (χ1n) is 10.1. The minimum Gasteiger partial charge on any atom is -0.497 e. The molecule has 1 saturated heterocycles. The van der Waals surface area contributed by atoms with E-state index < -0.39 is 0 Å². The zero-order valence-corrected chi connectivity index (χ0v) is 17.7. The van der Waals surface area contributed by atoms with Gasteiger partial charge in [0.05, 0.1) is 18.4 Å². The molecule has 3 heterocycles. The van der Waals surface area contributed by atoms with Crippen molar-refractivity contribution in [3.63, 3.8) is 0 Å². The number of aromatic nitrogens is 2. The van der Waals surface area contributed by atoms with Crippen LogP contribution in [0.25, 0.3) is 10.2 Å². The summed E-state index contributed by atoms with van der Waals surface area (Å²) in [5.41, 5.74) is 1.04. The second kappa shape index (κ2) is 8.78. The maximum Gasteiger partial charge on any atom is 0.225 e. The van der Waals surface area contributed by atoms with Crippen molar-refractivity contribution >= 4 is 33.3 Å². The van der Waals surface area contributed by atoms with Crippen LogP contribution in [0.3, 0.4) is 0 Å². The van der Waals surface area contributed by atoms with Gasteiger partial charge in [-0.1, -0.05) is 19.1 Å². The van der Waals surface area contributed by atoms with Gasteiger partial charge < -0.3 is 15.0 Å². The molecule has 0 aliphatic carbocycles. The SMILES string of the molecule is CCc1cc2c(N3CCC[C@H](C(=O)NCc4cccc(OC)c4)C3)ncnc2s1. The number of nitrogens with zero attached hydrogens (tertiary/aromatic N) is 3. The second-order valence-corrected chi connectivity index (χ2v) is 8.45. The van der Waals surface area contributed by atoms with Crippen LogP contribution in [0.1, 0.15) is 30.2 Å². The van der Waals surface area contributed by atoms with Gasteiger partial charge in [0.25, 0.3) is 0 Å². The van der Waals surface area contributed by atoms with Crippen LogP contribution in [0.15, 0.2) is 36.7 Å². The van der Waals surface area contributed by atoms with Crippen molar-refractivity contribution in [2.75, 3.05) is 25.1 Å². The summed E-state index contributed by atoms with van der Waals surface area (Å²) in [5.74, 6) is 1.82. The Morgan fingerprint density at radius 2 is 2.24 bits per heavy atom. The van der Waals surface area contributed by atoms with Crippen molar-refractivity contribution in [2.45, 2.75) is 32.7 Å². The first-order valence-corrected chi connectivity index (χ1v) is 10.9.